The van der Waals surface area contributed by atoms with Crippen LogP contribution in [0.2, 0.25) is 5.02 Å². The van der Waals surface area contributed by atoms with E-state index in [-0.39, 0.29) is 5.69 Å². The summed E-state index contributed by atoms with van der Waals surface area (Å²) in [6.45, 7) is 0. The summed E-state index contributed by atoms with van der Waals surface area (Å²) in [7, 11) is 0. The molecule has 0 bridgehead atoms. The number of fused-ring (bicyclic) bond motifs is 1. The Morgan fingerprint density at radius 2 is 1.44 bits per heavy atom. The largest absolute Gasteiger partial charge is 0.423 e. The Hall–Kier alpha value is -4.53. The van der Waals surface area contributed by atoms with Gasteiger partial charge in [0.15, 0.2) is 6.10 Å². The number of imide groups is 1. The fourth-order valence-corrected chi connectivity index (χ4v) is 5.01. The summed E-state index contributed by atoms with van der Waals surface area (Å²) in [4.78, 5) is 46.7. The average Bonchev–Trinajstić information content (AvgIpc) is 3.46. The Balaban J connectivity index is 1.33. The number of hydroxylamine groups is 1. The summed E-state index contributed by atoms with van der Waals surface area (Å²) in [5.41, 5.74) is 1.95. The number of amides is 2. The van der Waals surface area contributed by atoms with Crippen LogP contribution in [0.15, 0.2) is 103 Å². The Morgan fingerprint density at radius 1 is 0.795 bits per heavy atom. The van der Waals surface area contributed by atoms with E-state index in [1.54, 1.807) is 78.9 Å². The van der Waals surface area contributed by atoms with Crippen molar-refractivity contribution in [3.63, 3.8) is 0 Å². The fourth-order valence-electron chi connectivity index (χ4n) is 4.88. The molecule has 2 aliphatic rings. The molecule has 9 heteroatoms. The number of nitrogens with zero attached hydrogens (tertiary/aromatic N) is 2. The van der Waals surface area contributed by atoms with Gasteiger partial charge in [0.25, 0.3) is 5.91 Å². The minimum Gasteiger partial charge on any atom is -0.423 e. The fraction of sp³-hybridized carbons (Fsp3) is 0.100. The van der Waals surface area contributed by atoms with E-state index in [0.29, 0.717) is 27.6 Å². The lowest BCUT2D eigenvalue weighted by atomic mass is 9.90. The number of benzene rings is 4. The van der Waals surface area contributed by atoms with Gasteiger partial charge in [0, 0.05) is 5.02 Å². The summed E-state index contributed by atoms with van der Waals surface area (Å²) >= 11 is 6.07. The Kier molecular flexibility index (Phi) is 6.34. The van der Waals surface area contributed by atoms with Gasteiger partial charge < -0.3 is 4.74 Å². The predicted molar refractivity (Wildman–Crippen MR) is 142 cm³/mol. The number of rotatable bonds is 5. The quantitative estimate of drug-likeness (QED) is 0.182. The van der Waals surface area contributed by atoms with Crippen molar-refractivity contribution in [3.05, 3.63) is 125 Å². The first-order valence-electron chi connectivity index (χ1n) is 12.1. The molecule has 0 radical (unpaired) electrons. The maximum absolute atomic E-state index is 13.7. The van der Waals surface area contributed by atoms with E-state index in [2.05, 4.69) is 0 Å². The second-order valence-corrected chi connectivity index (χ2v) is 9.55. The van der Waals surface area contributed by atoms with Gasteiger partial charge >= 0.3 is 5.97 Å². The predicted octanol–water partition coefficient (Wildman–Crippen LogP) is 5.75. The number of esters is 1. The van der Waals surface area contributed by atoms with E-state index >= 15 is 0 Å². The minimum atomic E-state index is -1.08. The number of hydrogen-bond acceptors (Lipinski definition) is 6. The van der Waals surface area contributed by atoms with E-state index in [1.165, 1.54) is 29.3 Å². The van der Waals surface area contributed by atoms with E-state index in [1.807, 2.05) is 0 Å². The van der Waals surface area contributed by atoms with Crippen LogP contribution < -0.4 is 14.7 Å². The molecule has 39 heavy (non-hydrogen) atoms. The van der Waals surface area contributed by atoms with E-state index in [0.717, 1.165) is 4.90 Å². The summed E-state index contributed by atoms with van der Waals surface area (Å²) in [5, 5.41) is 2.06. The van der Waals surface area contributed by atoms with Crippen molar-refractivity contribution in [2.45, 2.75) is 12.1 Å². The van der Waals surface area contributed by atoms with Crippen LogP contribution in [0.3, 0.4) is 0 Å². The van der Waals surface area contributed by atoms with Crippen LogP contribution in [0.1, 0.15) is 22.0 Å². The highest BCUT2D eigenvalue weighted by molar-refractivity contribution is 6.30. The Bertz CT molecular complexity index is 1550. The molecular formula is C30H20ClFN2O5. The standard InChI is InChI=1S/C30H20ClFN2O5/c31-20-8-12-23(13-9-20)34-26(18-6-16-24(17-7-18)38-30(37)19-4-2-1-3-5-19)25-27(39-34)29(36)33(28(25)35)22-14-10-21(32)11-15-22/h1-17,25-27H/t25-,26+,27+/m0/s1. The summed E-state index contributed by atoms with van der Waals surface area (Å²) in [6.07, 6.45) is -1.08. The van der Waals surface area contributed by atoms with Crippen LogP contribution in [0.4, 0.5) is 15.8 Å². The van der Waals surface area contributed by atoms with Crippen molar-refractivity contribution < 1.29 is 28.3 Å². The zero-order valence-corrected chi connectivity index (χ0v) is 21.0. The van der Waals surface area contributed by atoms with Crippen LogP contribution in [-0.4, -0.2) is 23.9 Å². The van der Waals surface area contributed by atoms with Crippen molar-refractivity contribution in [2.24, 2.45) is 5.92 Å². The lowest BCUT2D eigenvalue weighted by Crippen LogP contribution is -2.37. The number of carbonyl (C=O) groups is 3. The van der Waals surface area contributed by atoms with Crippen molar-refractivity contribution in [3.8, 4) is 5.75 Å². The maximum atomic E-state index is 13.7. The van der Waals surface area contributed by atoms with Crippen molar-refractivity contribution >= 4 is 40.8 Å². The number of hydrogen-bond donors (Lipinski definition) is 0. The molecular weight excluding hydrogens is 523 g/mol. The molecule has 0 unspecified atom stereocenters. The monoisotopic (exact) mass is 542 g/mol. The first kappa shape index (κ1) is 24.8. The normalized spacial score (nSPS) is 20.3. The van der Waals surface area contributed by atoms with Gasteiger partial charge in [-0.3, -0.25) is 14.4 Å². The highest BCUT2D eigenvalue weighted by atomic mass is 35.5. The Labute approximate surface area is 227 Å². The third-order valence-corrected chi connectivity index (χ3v) is 6.97. The smallest absolute Gasteiger partial charge is 0.343 e. The molecule has 3 atom stereocenters. The average molecular weight is 543 g/mol. The molecule has 0 saturated carbocycles. The number of carbonyl (C=O) groups excluding carboxylic acids is 3. The molecule has 4 aromatic rings. The van der Waals surface area contributed by atoms with E-state index in [4.69, 9.17) is 21.2 Å². The zero-order valence-electron chi connectivity index (χ0n) is 20.2. The molecule has 2 amide bonds. The first-order chi connectivity index (χ1) is 18.9. The lowest BCUT2D eigenvalue weighted by molar-refractivity contribution is -0.126. The van der Waals surface area contributed by atoms with Gasteiger partial charge in [0.2, 0.25) is 5.91 Å². The molecule has 4 aromatic carbocycles. The zero-order chi connectivity index (χ0) is 27.1. The lowest BCUT2D eigenvalue weighted by Gasteiger charge is -2.29. The summed E-state index contributed by atoms with van der Waals surface area (Å²) in [5.74, 6) is -2.53. The molecule has 0 N–H and O–H groups in total. The minimum absolute atomic E-state index is 0.268. The first-order valence-corrected chi connectivity index (χ1v) is 12.5. The van der Waals surface area contributed by atoms with Gasteiger partial charge in [-0.1, -0.05) is 41.9 Å². The highest BCUT2D eigenvalue weighted by Crippen LogP contribution is 2.48. The molecule has 7 nitrogen and oxygen atoms in total. The van der Waals surface area contributed by atoms with Gasteiger partial charge in [0.05, 0.1) is 23.0 Å². The van der Waals surface area contributed by atoms with E-state index in [9.17, 15) is 18.8 Å². The highest BCUT2D eigenvalue weighted by Gasteiger charge is 2.60. The van der Waals surface area contributed by atoms with E-state index < -0.39 is 41.7 Å². The van der Waals surface area contributed by atoms with Gasteiger partial charge in [-0.25, -0.2) is 19.1 Å². The third kappa shape index (κ3) is 4.54. The van der Waals surface area contributed by atoms with Gasteiger partial charge in [-0.15, -0.1) is 0 Å². The van der Waals surface area contributed by atoms with Crippen LogP contribution >= 0.6 is 11.6 Å². The maximum Gasteiger partial charge on any atom is 0.343 e. The molecule has 2 saturated heterocycles. The molecule has 0 spiro atoms. The molecule has 0 aromatic heterocycles. The molecule has 194 valence electrons. The SMILES string of the molecule is O=C(Oc1ccc([C@@H]2[C@@H]3C(=O)N(c4ccc(F)cc4)C(=O)[C@@H]3ON2c2ccc(Cl)cc2)cc1)c1ccccc1. The molecule has 2 fully saturated rings. The molecule has 0 aliphatic carbocycles. The second-order valence-electron chi connectivity index (χ2n) is 9.11. The molecule has 2 heterocycles. The van der Waals surface area contributed by atoms with Gasteiger partial charge in [-0.05, 0) is 78.4 Å². The summed E-state index contributed by atoms with van der Waals surface area (Å²) in [6, 6.07) is 26.6. The molecule has 6 rings (SSSR count). The third-order valence-electron chi connectivity index (χ3n) is 6.72. The second kappa shape index (κ2) is 9.98. The van der Waals surface area contributed by atoms with Crippen molar-refractivity contribution in [1.82, 2.24) is 0 Å². The molecule has 2 aliphatic heterocycles. The van der Waals surface area contributed by atoms with Gasteiger partial charge in [0.1, 0.15) is 17.5 Å². The van der Waals surface area contributed by atoms with Crippen LogP contribution in [0.5, 0.6) is 5.75 Å². The van der Waals surface area contributed by atoms with Crippen molar-refractivity contribution in [2.75, 3.05) is 9.96 Å². The topological polar surface area (TPSA) is 76.2 Å². The van der Waals surface area contributed by atoms with Crippen LogP contribution in [-0.2, 0) is 14.4 Å². The van der Waals surface area contributed by atoms with Crippen LogP contribution in [0.25, 0.3) is 0 Å². The number of ether oxygens (including phenoxy) is 1. The summed E-state index contributed by atoms with van der Waals surface area (Å²) < 4.78 is 19.0. The van der Waals surface area contributed by atoms with Crippen LogP contribution in [0, 0.1) is 11.7 Å². The Morgan fingerprint density at radius 3 is 2.10 bits per heavy atom. The number of halogens is 2. The van der Waals surface area contributed by atoms with Crippen molar-refractivity contribution in [1.29, 1.82) is 0 Å². The number of anilines is 2. The van der Waals surface area contributed by atoms with Gasteiger partial charge in [-0.2, -0.15) is 0 Å².